The summed E-state index contributed by atoms with van der Waals surface area (Å²) in [6.07, 6.45) is 0. The molecule has 26 heavy (non-hydrogen) atoms. The Morgan fingerprint density at radius 3 is 2.54 bits per heavy atom. The fraction of sp³-hybridized carbons (Fsp3) is 0.111. The van der Waals surface area contributed by atoms with Crippen molar-refractivity contribution in [2.75, 3.05) is 5.32 Å². The Hall–Kier alpha value is -2.02. The lowest BCUT2D eigenvalue weighted by molar-refractivity contribution is -0.113. The third kappa shape index (κ3) is 3.87. The summed E-state index contributed by atoms with van der Waals surface area (Å²) in [4.78, 5) is 24.8. The van der Waals surface area contributed by atoms with Crippen LogP contribution in [0.4, 0.5) is 10.5 Å². The first-order chi connectivity index (χ1) is 12.4. The molecule has 3 N–H and O–H groups in total. The Kier molecular flexibility index (Phi) is 5.55. The summed E-state index contributed by atoms with van der Waals surface area (Å²) in [6, 6.07) is 11.2. The molecule has 2 aromatic rings. The molecular weight excluding hydrogens is 441 g/mol. The number of hydrogen-bond donors (Lipinski definition) is 3. The van der Waals surface area contributed by atoms with E-state index < -0.39 is 12.1 Å². The van der Waals surface area contributed by atoms with Gasteiger partial charge in [-0.1, -0.05) is 51.3 Å². The number of benzene rings is 2. The van der Waals surface area contributed by atoms with Gasteiger partial charge >= 0.3 is 6.03 Å². The highest BCUT2D eigenvalue weighted by Crippen LogP contribution is 2.35. The van der Waals surface area contributed by atoms with E-state index in [-0.39, 0.29) is 5.91 Å². The van der Waals surface area contributed by atoms with E-state index in [2.05, 4.69) is 31.9 Å². The third-order valence-corrected chi connectivity index (χ3v) is 5.27. The number of halogens is 3. The van der Waals surface area contributed by atoms with Crippen LogP contribution in [0.3, 0.4) is 0 Å². The van der Waals surface area contributed by atoms with E-state index >= 15 is 0 Å². The molecule has 0 saturated heterocycles. The molecule has 0 aliphatic carbocycles. The summed E-state index contributed by atoms with van der Waals surface area (Å²) < 4.78 is 0.904. The fourth-order valence-corrected chi connectivity index (χ4v) is 3.38. The van der Waals surface area contributed by atoms with Crippen molar-refractivity contribution in [1.82, 2.24) is 10.6 Å². The normalized spacial score (nSPS) is 16.8. The molecule has 0 unspecified atom stereocenters. The maximum Gasteiger partial charge on any atom is 0.319 e. The molecule has 0 saturated carbocycles. The lowest BCUT2D eigenvalue weighted by Gasteiger charge is -2.29. The first-order valence-electron chi connectivity index (χ1n) is 7.66. The van der Waals surface area contributed by atoms with E-state index in [9.17, 15) is 9.59 Å². The topological polar surface area (TPSA) is 70.2 Å². The van der Waals surface area contributed by atoms with Crippen LogP contribution in [-0.2, 0) is 4.79 Å². The molecule has 1 aliphatic rings. The van der Waals surface area contributed by atoms with Crippen molar-refractivity contribution in [3.63, 3.8) is 0 Å². The van der Waals surface area contributed by atoms with Gasteiger partial charge in [0.15, 0.2) is 0 Å². The molecule has 0 radical (unpaired) electrons. The predicted octanol–water partition coefficient (Wildman–Crippen LogP) is 5.02. The molecular formula is C18H14BrCl2N3O2. The van der Waals surface area contributed by atoms with Crippen molar-refractivity contribution >= 4 is 56.8 Å². The molecule has 1 aliphatic heterocycles. The zero-order valence-corrected chi connectivity index (χ0v) is 16.7. The van der Waals surface area contributed by atoms with Gasteiger partial charge in [0.2, 0.25) is 0 Å². The van der Waals surface area contributed by atoms with Crippen molar-refractivity contribution in [2.24, 2.45) is 0 Å². The van der Waals surface area contributed by atoms with E-state index in [0.29, 0.717) is 32.6 Å². The van der Waals surface area contributed by atoms with Crippen molar-refractivity contribution in [1.29, 1.82) is 0 Å². The molecule has 0 fully saturated rings. The average molecular weight is 455 g/mol. The lowest BCUT2D eigenvalue weighted by atomic mass is 9.94. The van der Waals surface area contributed by atoms with Crippen LogP contribution in [0.2, 0.25) is 10.0 Å². The van der Waals surface area contributed by atoms with E-state index in [0.717, 1.165) is 4.47 Å². The predicted molar refractivity (Wildman–Crippen MR) is 106 cm³/mol. The van der Waals surface area contributed by atoms with E-state index in [1.54, 1.807) is 37.3 Å². The van der Waals surface area contributed by atoms with Crippen LogP contribution in [0, 0.1) is 0 Å². The monoisotopic (exact) mass is 453 g/mol. The summed E-state index contributed by atoms with van der Waals surface area (Å²) in [7, 11) is 0. The zero-order chi connectivity index (χ0) is 18.8. The second-order valence-electron chi connectivity index (χ2n) is 5.67. The van der Waals surface area contributed by atoms with Gasteiger partial charge in [-0.3, -0.25) is 4.79 Å². The summed E-state index contributed by atoms with van der Waals surface area (Å²) in [5.41, 5.74) is 1.99. The number of amides is 3. The molecule has 134 valence electrons. The molecule has 1 heterocycles. The maximum absolute atomic E-state index is 12.9. The van der Waals surface area contributed by atoms with Crippen molar-refractivity contribution in [3.8, 4) is 0 Å². The number of carbonyl (C=O) groups excluding carboxylic acids is 2. The first kappa shape index (κ1) is 18.8. The van der Waals surface area contributed by atoms with Gasteiger partial charge in [0.25, 0.3) is 5.91 Å². The molecule has 0 bridgehead atoms. The largest absolute Gasteiger partial charge is 0.327 e. The molecule has 3 amide bonds. The van der Waals surface area contributed by atoms with Gasteiger partial charge < -0.3 is 16.0 Å². The number of anilines is 1. The van der Waals surface area contributed by atoms with Gasteiger partial charge in [0.1, 0.15) is 0 Å². The van der Waals surface area contributed by atoms with Gasteiger partial charge in [-0.15, -0.1) is 0 Å². The molecule has 1 atom stereocenters. The number of carbonyl (C=O) groups is 2. The Morgan fingerprint density at radius 2 is 1.85 bits per heavy atom. The lowest BCUT2D eigenvalue weighted by Crippen LogP contribution is -2.46. The van der Waals surface area contributed by atoms with Crippen LogP contribution >= 0.6 is 39.1 Å². The van der Waals surface area contributed by atoms with Crippen molar-refractivity contribution < 1.29 is 9.59 Å². The minimum Gasteiger partial charge on any atom is -0.327 e. The van der Waals surface area contributed by atoms with Crippen LogP contribution in [0.1, 0.15) is 18.5 Å². The van der Waals surface area contributed by atoms with E-state index in [1.807, 2.05) is 12.1 Å². The second-order valence-corrected chi connectivity index (χ2v) is 7.38. The number of allylic oxidation sites excluding steroid dienone is 1. The van der Waals surface area contributed by atoms with E-state index in [4.69, 9.17) is 23.2 Å². The molecule has 0 spiro atoms. The van der Waals surface area contributed by atoms with Gasteiger partial charge in [-0.05, 0) is 42.8 Å². The first-order valence-corrected chi connectivity index (χ1v) is 9.21. The fourth-order valence-electron chi connectivity index (χ4n) is 2.70. The van der Waals surface area contributed by atoms with Gasteiger partial charge in [-0.2, -0.15) is 0 Å². The average Bonchev–Trinajstić information content (AvgIpc) is 2.58. The zero-order valence-electron chi connectivity index (χ0n) is 13.6. The SMILES string of the molecule is CC1=C(C(=O)Nc2ccc(Br)cc2)[C@@H](c2cccc(Cl)c2Cl)NC(=O)N1. The Morgan fingerprint density at radius 1 is 1.15 bits per heavy atom. The van der Waals surface area contributed by atoms with Crippen LogP contribution in [0.25, 0.3) is 0 Å². The van der Waals surface area contributed by atoms with Crippen LogP contribution in [-0.4, -0.2) is 11.9 Å². The number of nitrogens with one attached hydrogen (secondary N) is 3. The smallest absolute Gasteiger partial charge is 0.319 e. The quantitative estimate of drug-likeness (QED) is 0.609. The van der Waals surface area contributed by atoms with Crippen LogP contribution in [0.5, 0.6) is 0 Å². The highest BCUT2D eigenvalue weighted by atomic mass is 79.9. The molecule has 8 heteroatoms. The minimum absolute atomic E-state index is 0.295. The Bertz CT molecular complexity index is 913. The van der Waals surface area contributed by atoms with Gasteiger partial charge in [-0.25, -0.2) is 4.79 Å². The van der Waals surface area contributed by atoms with Gasteiger partial charge in [0, 0.05) is 15.9 Å². The Balaban J connectivity index is 1.99. The molecule has 3 rings (SSSR count). The van der Waals surface area contributed by atoms with E-state index in [1.165, 1.54) is 0 Å². The number of urea groups is 1. The van der Waals surface area contributed by atoms with Crippen molar-refractivity contribution in [3.05, 3.63) is 73.8 Å². The number of rotatable bonds is 3. The van der Waals surface area contributed by atoms with Crippen LogP contribution in [0.15, 0.2) is 58.2 Å². The third-order valence-electron chi connectivity index (χ3n) is 3.91. The second kappa shape index (κ2) is 7.70. The van der Waals surface area contributed by atoms with Crippen LogP contribution < -0.4 is 16.0 Å². The molecule has 5 nitrogen and oxygen atoms in total. The number of hydrogen-bond acceptors (Lipinski definition) is 2. The summed E-state index contributed by atoms with van der Waals surface area (Å²) in [5, 5.41) is 8.84. The molecule has 0 aromatic heterocycles. The highest BCUT2D eigenvalue weighted by Gasteiger charge is 2.32. The summed E-state index contributed by atoms with van der Waals surface area (Å²) in [5.74, 6) is -0.349. The summed E-state index contributed by atoms with van der Waals surface area (Å²) >= 11 is 15.8. The maximum atomic E-state index is 12.9. The molecule has 2 aromatic carbocycles. The Labute approximate surface area is 168 Å². The minimum atomic E-state index is -0.717. The highest BCUT2D eigenvalue weighted by molar-refractivity contribution is 9.10. The van der Waals surface area contributed by atoms with Crippen molar-refractivity contribution in [2.45, 2.75) is 13.0 Å². The standard InChI is InChI=1S/C18H14BrCl2N3O2/c1-9-14(17(25)23-11-7-5-10(19)6-8-11)16(24-18(26)22-9)12-3-2-4-13(20)15(12)21/h2-8,16H,1H3,(H,23,25)(H2,22,24,26)/t16-/m1/s1. The summed E-state index contributed by atoms with van der Waals surface area (Å²) in [6.45, 7) is 1.67. The van der Waals surface area contributed by atoms with Gasteiger partial charge in [0.05, 0.1) is 21.7 Å².